The molecule has 0 saturated heterocycles. The monoisotopic (exact) mass is 421 g/mol. The molecule has 3 aromatic rings. The van der Waals surface area contributed by atoms with Crippen LogP contribution in [0.15, 0.2) is 59.5 Å². The number of nitrogens with one attached hydrogen (secondary N) is 3. The summed E-state index contributed by atoms with van der Waals surface area (Å²) in [5.74, 6) is -0.254. The molecule has 1 aliphatic rings. The molecular formula is C19H18Cl2FN5O. The molecule has 3 N–H and O–H groups in total. The molecule has 2 aromatic heterocycles. The van der Waals surface area contributed by atoms with E-state index in [0.717, 1.165) is 22.2 Å². The summed E-state index contributed by atoms with van der Waals surface area (Å²) in [6.45, 7) is 1.87. The zero-order valence-electron chi connectivity index (χ0n) is 14.8. The van der Waals surface area contributed by atoms with E-state index < -0.39 is 0 Å². The number of guanidine groups is 1. The standard InChI is InChI=1S/C19H16FN5O.2ClH/c1-11(12-4-2-5-14(20)8-12)23-19-24-16(18(26)25-19)9-13-10-22-17-15(13)6-3-7-21-17;;/h2-11H,1H3,(H,21,22)(H2,23,24,25,26);2*1H/b16-9-;;. The van der Waals surface area contributed by atoms with E-state index in [-0.39, 0.29) is 42.6 Å². The van der Waals surface area contributed by atoms with Gasteiger partial charge in [-0.2, -0.15) is 0 Å². The highest BCUT2D eigenvalue weighted by molar-refractivity contribution is 6.14. The van der Waals surface area contributed by atoms with Crippen LogP contribution in [0.1, 0.15) is 24.1 Å². The molecule has 4 rings (SSSR count). The quantitative estimate of drug-likeness (QED) is 0.563. The molecule has 1 unspecified atom stereocenters. The second kappa shape index (κ2) is 8.86. The third kappa shape index (κ3) is 4.32. The van der Waals surface area contributed by atoms with E-state index in [4.69, 9.17) is 0 Å². The van der Waals surface area contributed by atoms with Gasteiger partial charge in [-0.1, -0.05) is 12.1 Å². The van der Waals surface area contributed by atoms with Crippen LogP contribution in [0.4, 0.5) is 4.39 Å². The fraction of sp³-hybridized carbons (Fsp3) is 0.105. The molecule has 0 radical (unpaired) electrons. The lowest BCUT2D eigenvalue weighted by Gasteiger charge is -2.14. The molecule has 6 nitrogen and oxygen atoms in total. The van der Waals surface area contributed by atoms with Crippen LogP contribution in [0.2, 0.25) is 0 Å². The van der Waals surface area contributed by atoms with Gasteiger partial charge in [-0.25, -0.2) is 14.4 Å². The Bertz CT molecular complexity index is 1060. The number of hydrogen-bond donors (Lipinski definition) is 3. The number of carbonyl (C=O) groups is 1. The van der Waals surface area contributed by atoms with Crippen LogP contribution in [-0.4, -0.2) is 21.8 Å². The van der Waals surface area contributed by atoms with E-state index in [1.54, 1.807) is 24.5 Å². The topological polar surface area (TPSA) is 82.2 Å². The minimum Gasteiger partial charge on any atom is -0.349 e. The van der Waals surface area contributed by atoms with Gasteiger partial charge in [-0.3, -0.25) is 10.1 Å². The Morgan fingerprint density at radius 3 is 2.82 bits per heavy atom. The second-order valence-corrected chi connectivity index (χ2v) is 6.01. The normalized spacial score (nSPS) is 15.4. The number of carbonyl (C=O) groups excluding carboxylic acids is 1. The maximum absolute atomic E-state index is 13.4. The minimum atomic E-state index is -0.304. The van der Waals surface area contributed by atoms with Crippen LogP contribution in [0.3, 0.4) is 0 Å². The zero-order valence-corrected chi connectivity index (χ0v) is 16.4. The summed E-state index contributed by atoms with van der Waals surface area (Å²) < 4.78 is 13.4. The smallest absolute Gasteiger partial charge is 0.276 e. The summed E-state index contributed by atoms with van der Waals surface area (Å²) in [7, 11) is 0. The Balaban J connectivity index is 0.00000140. The van der Waals surface area contributed by atoms with Crippen molar-refractivity contribution in [2.75, 3.05) is 0 Å². The molecule has 1 aromatic carbocycles. The van der Waals surface area contributed by atoms with Crippen molar-refractivity contribution < 1.29 is 9.18 Å². The molecule has 1 aliphatic heterocycles. The Morgan fingerprint density at radius 1 is 1.21 bits per heavy atom. The van der Waals surface area contributed by atoms with Gasteiger partial charge in [0.2, 0.25) is 5.96 Å². The molecule has 0 saturated carbocycles. The lowest BCUT2D eigenvalue weighted by atomic mass is 10.1. The van der Waals surface area contributed by atoms with Gasteiger partial charge < -0.3 is 10.3 Å². The average Bonchev–Trinajstić information content (AvgIpc) is 3.19. The highest BCUT2D eigenvalue weighted by Crippen LogP contribution is 2.20. The van der Waals surface area contributed by atoms with Crippen LogP contribution in [0, 0.1) is 5.82 Å². The predicted octanol–water partition coefficient (Wildman–Crippen LogP) is 3.72. The van der Waals surface area contributed by atoms with Gasteiger partial charge in [0, 0.05) is 23.3 Å². The summed E-state index contributed by atoms with van der Waals surface area (Å²) in [5, 5.41) is 6.70. The number of pyridine rings is 1. The molecule has 0 fully saturated rings. The highest BCUT2D eigenvalue weighted by atomic mass is 35.5. The Labute approximate surface area is 173 Å². The molecule has 1 amide bonds. The van der Waals surface area contributed by atoms with Crippen LogP contribution < -0.4 is 10.6 Å². The van der Waals surface area contributed by atoms with E-state index in [1.165, 1.54) is 12.1 Å². The third-order valence-electron chi connectivity index (χ3n) is 4.17. The maximum Gasteiger partial charge on any atom is 0.276 e. The number of aliphatic imine (C=N–C) groups is 1. The van der Waals surface area contributed by atoms with Crippen molar-refractivity contribution in [2.45, 2.75) is 13.0 Å². The fourth-order valence-corrected chi connectivity index (χ4v) is 2.85. The van der Waals surface area contributed by atoms with E-state index in [2.05, 4.69) is 25.6 Å². The van der Waals surface area contributed by atoms with E-state index in [9.17, 15) is 9.18 Å². The summed E-state index contributed by atoms with van der Waals surface area (Å²) in [6, 6.07) is 9.85. The number of fused-ring (bicyclic) bond motifs is 1. The average molecular weight is 422 g/mol. The number of amides is 1. The van der Waals surface area contributed by atoms with E-state index in [1.807, 2.05) is 25.1 Å². The van der Waals surface area contributed by atoms with Gasteiger partial charge in [0.1, 0.15) is 17.2 Å². The van der Waals surface area contributed by atoms with Crippen molar-refractivity contribution in [3.8, 4) is 0 Å². The fourth-order valence-electron chi connectivity index (χ4n) is 2.85. The molecule has 0 aliphatic carbocycles. The van der Waals surface area contributed by atoms with Gasteiger partial charge in [-0.05, 0) is 42.8 Å². The SMILES string of the molecule is CC(NC1=N/C(=C\c2c[nH]c3ncccc23)C(=O)N1)c1cccc(F)c1.Cl.Cl. The number of hydrogen-bond acceptors (Lipinski definition) is 4. The summed E-state index contributed by atoms with van der Waals surface area (Å²) >= 11 is 0. The molecule has 0 bridgehead atoms. The first-order chi connectivity index (χ1) is 12.6. The minimum absolute atomic E-state index is 0. The first kappa shape index (κ1) is 21.4. The van der Waals surface area contributed by atoms with E-state index >= 15 is 0 Å². The summed E-state index contributed by atoms with van der Waals surface area (Å²) in [4.78, 5) is 23.8. The number of aromatic amines is 1. The second-order valence-electron chi connectivity index (χ2n) is 6.01. The van der Waals surface area contributed by atoms with Crippen LogP contribution in [-0.2, 0) is 4.79 Å². The van der Waals surface area contributed by atoms with Crippen molar-refractivity contribution in [1.29, 1.82) is 0 Å². The molecule has 28 heavy (non-hydrogen) atoms. The lowest BCUT2D eigenvalue weighted by molar-refractivity contribution is -0.115. The van der Waals surface area contributed by atoms with Gasteiger partial charge in [0.15, 0.2) is 0 Å². The molecular weight excluding hydrogens is 404 g/mol. The van der Waals surface area contributed by atoms with Crippen molar-refractivity contribution in [3.05, 3.63) is 71.4 Å². The van der Waals surface area contributed by atoms with Gasteiger partial charge in [-0.15, -0.1) is 24.8 Å². The lowest BCUT2D eigenvalue weighted by Crippen LogP contribution is -2.37. The third-order valence-corrected chi connectivity index (χ3v) is 4.17. The van der Waals surface area contributed by atoms with E-state index in [0.29, 0.717) is 11.7 Å². The van der Waals surface area contributed by atoms with Crippen LogP contribution >= 0.6 is 24.8 Å². The van der Waals surface area contributed by atoms with Gasteiger partial charge in [0.25, 0.3) is 5.91 Å². The Morgan fingerprint density at radius 2 is 2.04 bits per heavy atom. The summed E-state index contributed by atoms with van der Waals surface area (Å²) in [6.07, 6.45) is 5.19. The highest BCUT2D eigenvalue weighted by Gasteiger charge is 2.22. The largest absolute Gasteiger partial charge is 0.349 e. The molecule has 0 spiro atoms. The van der Waals surface area contributed by atoms with Crippen molar-refractivity contribution in [3.63, 3.8) is 0 Å². The van der Waals surface area contributed by atoms with Crippen LogP contribution in [0.5, 0.6) is 0 Å². The number of H-pyrrole nitrogens is 1. The molecule has 146 valence electrons. The number of rotatable bonds is 3. The molecule has 3 heterocycles. The van der Waals surface area contributed by atoms with Crippen molar-refractivity contribution in [2.24, 2.45) is 4.99 Å². The first-order valence-corrected chi connectivity index (χ1v) is 8.16. The number of nitrogens with zero attached hydrogens (tertiary/aromatic N) is 2. The zero-order chi connectivity index (χ0) is 18.1. The Hall–Kier alpha value is -2.90. The predicted molar refractivity (Wildman–Crippen MR) is 112 cm³/mol. The van der Waals surface area contributed by atoms with Gasteiger partial charge >= 0.3 is 0 Å². The number of benzene rings is 1. The molecule has 9 heteroatoms. The number of halogens is 3. The first-order valence-electron chi connectivity index (χ1n) is 8.16. The Kier molecular flexibility index (Phi) is 6.77. The number of aromatic nitrogens is 2. The van der Waals surface area contributed by atoms with Crippen molar-refractivity contribution in [1.82, 2.24) is 20.6 Å². The molecule has 1 atom stereocenters. The van der Waals surface area contributed by atoms with Crippen molar-refractivity contribution >= 4 is 53.8 Å². The summed E-state index contributed by atoms with van der Waals surface area (Å²) in [5.41, 5.74) is 2.65. The maximum atomic E-state index is 13.4. The van der Waals surface area contributed by atoms with Gasteiger partial charge in [0.05, 0.1) is 6.04 Å². The van der Waals surface area contributed by atoms with Crippen LogP contribution in [0.25, 0.3) is 17.1 Å².